The van der Waals surface area contributed by atoms with Gasteiger partial charge in [-0.3, -0.25) is 9.59 Å². The summed E-state index contributed by atoms with van der Waals surface area (Å²) in [6, 6.07) is -0.693. The minimum absolute atomic E-state index is 0.0886. The van der Waals surface area contributed by atoms with E-state index in [0.717, 1.165) is 38.5 Å². The molecule has 0 rings (SSSR count). The Balaban J connectivity index is 4.45. The lowest BCUT2D eigenvalue weighted by Crippen LogP contribution is -2.46. The molecule has 0 bridgehead atoms. The first kappa shape index (κ1) is 62.9. The zero-order valence-corrected chi connectivity index (χ0v) is 43.7. The van der Waals surface area contributed by atoms with Crippen LogP contribution >= 0.6 is 0 Å². The Labute approximate surface area is 400 Å². The predicted octanol–water partition coefficient (Wildman–Crippen LogP) is 17.9. The number of aliphatic hydroxyl groups is 2. The number of amides is 1. The molecule has 382 valence electrons. The maximum absolute atomic E-state index is 13.3. The van der Waals surface area contributed by atoms with Gasteiger partial charge in [0.15, 0.2) is 0 Å². The van der Waals surface area contributed by atoms with Crippen LogP contribution in [-0.2, 0) is 14.3 Å². The summed E-state index contributed by atoms with van der Waals surface area (Å²) in [5.41, 5.74) is 0. The summed E-state index contributed by atoms with van der Waals surface area (Å²) in [4.78, 5) is 26.3. The molecule has 6 nitrogen and oxygen atoms in total. The molecule has 0 spiro atoms. The van der Waals surface area contributed by atoms with Crippen molar-refractivity contribution in [2.45, 2.75) is 354 Å². The molecule has 0 radical (unpaired) electrons. The van der Waals surface area contributed by atoms with Gasteiger partial charge in [-0.15, -0.1) is 0 Å². The summed E-state index contributed by atoms with van der Waals surface area (Å²) >= 11 is 0. The summed E-state index contributed by atoms with van der Waals surface area (Å²) in [6.07, 6.45) is 58.8. The second-order valence-corrected chi connectivity index (χ2v) is 20.4. The van der Waals surface area contributed by atoms with Crippen molar-refractivity contribution in [3.8, 4) is 0 Å². The Kier molecular flexibility index (Phi) is 51.9. The van der Waals surface area contributed by atoms with Crippen LogP contribution < -0.4 is 5.32 Å². The van der Waals surface area contributed by atoms with E-state index in [0.29, 0.717) is 19.3 Å². The highest BCUT2D eigenvalue weighted by atomic mass is 16.5. The molecular weight excluding hydrogens is 791 g/mol. The standard InChI is InChI=1S/C58H115NO5/c1-4-7-10-13-16-19-22-25-28-29-30-32-35-38-41-44-47-50-56(61)55(53-60)59-57(62)52-54(49-46-43-40-37-34-31-26-23-20-17-14-11-8-5-2)64-58(63)51-48-45-42-39-36-33-27-24-21-18-15-12-9-6-3/h54-56,60-61H,4-53H2,1-3H3,(H,59,62). The number of carbonyl (C=O) groups excluding carboxylic acids is 2. The number of esters is 1. The maximum atomic E-state index is 13.3. The first-order valence-corrected chi connectivity index (χ1v) is 29.3. The molecule has 0 heterocycles. The summed E-state index contributed by atoms with van der Waals surface area (Å²) < 4.78 is 5.97. The summed E-state index contributed by atoms with van der Waals surface area (Å²) in [7, 11) is 0. The van der Waals surface area contributed by atoms with E-state index < -0.39 is 18.2 Å². The normalized spacial score (nSPS) is 13.0. The Morgan fingerprint density at radius 2 is 0.656 bits per heavy atom. The van der Waals surface area contributed by atoms with E-state index in [9.17, 15) is 19.8 Å². The van der Waals surface area contributed by atoms with Crippen molar-refractivity contribution in [3.63, 3.8) is 0 Å². The Hall–Kier alpha value is -1.14. The number of nitrogens with one attached hydrogen (secondary N) is 1. The quantitative estimate of drug-likeness (QED) is 0.0417. The van der Waals surface area contributed by atoms with Crippen LogP contribution in [-0.4, -0.2) is 46.9 Å². The topological polar surface area (TPSA) is 95.9 Å². The number of rotatable bonds is 54. The number of carbonyl (C=O) groups is 2. The molecule has 0 aromatic heterocycles. The fourth-order valence-electron chi connectivity index (χ4n) is 9.49. The molecule has 0 aromatic rings. The molecule has 64 heavy (non-hydrogen) atoms. The van der Waals surface area contributed by atoms with Crippen molar-refractivity contribution in [2.24, 2.45) is 0 Å². The molecule has 0 saturated carbocycles. The Morgan fingerprint density at radius 1 is 0.391 bits per heavy atom. The van der Waals surface area contributed by atoms with Gasteiger partial charge in [-0.25, -0.2) is 0 Å². The highest BCUT2D eigenvalue weighted by molar-refractivity contribution is 5.77. The average molecular weight is 907 g/mol. The third-order valence-corrected chi connectivity index (χ3v) is 13.9. The summed E-state index contributed by atoms with van der Waals surface area (Å²) in [5, 5.41) is 23.9. The summed E-state index contributed by atoms with van der Waals surface area (Å²) in [5.74, 6) is -0.445. The van der Waals surface area contributed by atoms with Crippen molar-refractivity contribution in [2.75, 3.05) is 6.61 Å². The van der Waals surface area contributed by atoms with Gasteiger partial charge < -0.3 is 20.3 Å². The van der Waals surface area contributed by atoms with Gasteiger partial charge in [0.2, 0.25) is 5.91 Å². The molecule has 3 N–H and O–H groups in total. The lowest BCUT2D eigenvalue weighted by Gasteiger charge is -2.24. The third kappa shape index (κ3) is 47.4. The van der Waals surface area contributed by atoms with Crippen LogP contribution in [0.4, 0.5) is 0 Å². The minimum atomic E-state index is -0.780. The van der Waals surface area contributed by atoms with E-state index >= 15 is 0 Å². The van der Waals surface area contributed by atoms with Crippen molar-refractivity contribution >= 4 is 11.9 Å². The zero-order valence-electron chi connectivity index (χ0n) is 43.7. The highest BCUT2D eigenvalue weighted by Gasteiger charge is 2.24. The summed E-state index contributed by atoms with van der Waals surface area (Å²) in [6.45, 7) is 6.54. The third-order valence-electron chi connectivity index (χ3n) is 13.9. The predicted molar refractivity (Wildman–Crippen MR) is 278 cm³/mol. The van der Waals surface area contributed by atoms with Gasteiger partial charge >= 0.3 is 5.97 Å². The Bertz CT molecular complexity index is 928. The molecule has 0 saturated heterocycles. The fraction of sp³-hybridized carbons (Fsp3) is 0.966. The van der Waals surface area contributed by atoms with Gasteiger partial charge in [-0.1, -0.05) is 297 Å². The van der Waals surface area contributed by atoms with Gasteiger partial charge in [0.1, 0.15) is 6.10 Å². The monoisotopic (exact) mass is 906 g/mol. The second kappa shape index (κ2) is 52.8. The SMILES string of the molecule is CCCCCCCCCCCCCCCCCCCC(O)C(CO)NC(=O)CC(CCCCCCCCCCCCCCCC)OC(=O)CCCCCCCCCCCCCCCC. The van der Waals surface area contributed by atoms with Gasteiger partial charge in [0.25, 0.3) is 0 Å². The van der Waals surface area contributed by atoms with Crippen LogP contribution in [0.3, 0.4) is 0 Å². The molecule has 0 aliphatic rings. The molecule has 1 amide bonds. The van der Waals surface area contributed by atoms with Crippen LogP contribution in [0.15, 0.2) is 0 Å². The van der Waals surface area contributed by atoms with E-state index in [2.05, 4.69) is 26.1 Å². The first-order valence-electron chi connectivity index (χ1n) is 29.3. The van der Waals surface area contributed by atoms with Crippen LogP contribution in [0.5, 0.6) is 0 Å². The smallest absolute Gasteiger partial charge is 0.306 e. The van der Waals surface area contributed by atoms with Crippen molar-refractivity contribution in [1.29, 1.82) is 0 Å². The van der Waals surface area contributed by atoms with Crippen molar-refractivity contribution < 1.29 is 24.5 Å². The molecule has 0 aliphatic carbocycles. The van der Waals surface area contributed by atoms with Crippen LogP contribution in [0.2, 0.25) is 0 Å². The molecule has 0 fully saturated rings. The maximum Gasteiger partial charge on any atom is 0.306 e. The van der Waals surface area contributed by atoms with Crippen LogP contribution in [0, 0.1) is 0 Å². The minimum Gasteiger partial charge on any atom is -0.462 e. The molecule has 0 aromatic carbocycles. The van der Waals surface area contributed by atoms with Gasteiger partial charge in [0, 0.05) is 6.42 Å². The van der Waals surface area contributed by atoms with E-state index in [1.807, 2.05) is 0 Å². The van der Waals surface area contributed by atoms with Gasteiger partial charge in [-0.2, -0.15) is 0 Å². The highest BCUT2D eigenvalue weighted by Crippen LogP contribution is 2.19. The molecule has 3 unspecified atom stereocenters. The molecule has 6 heteroatoms. The van der Waals surface area contributed by atoms with Crippen molar-refractivity contribution in [3.05, 3.63) is 0 Å². The molecule has 3 atom stereocenters. The number of ether oxygens (including phenoxy) is 1. The van der Waals surface area contributed by atoms with Gasteiger partial charge in [-0.05, 0) is 25.7 Å². The number of hydrogen-bond donors (Lipinski definition) is 3. The number of hydrogen-bond acceptors (Lipinski definition) is 5. The lowest BCUT2D eigenvalue weighted by molar-refractivity contribution is -0.151. The number of unbranched alkanes of at least 4 members (excludes halogenated alkanes) is 42. The van der Waals surface area contributed by atoms with E-state index in [1.165, 1.54) is 250 Å². The largest absolute Gasteiger partial charge is 0.462 e. The lowest BCUT2D eigenvalue weighted by atomic mass is 10.0. The van der Waals surface area contributed by atoms with E-state index in [1.54, 1.807) is 0 Å². The average Bonchev–Trinajstić information content (AvgIpc) is 3.29. The van der Waals surface area contributed by atoms with Crippen LogP contribution in [0.25, 0.3) is 0 Å². The fourth-order valence-corrected chi connectivity index (χ4v) is 9.49. The van der Waals surface area contributed by atoms with Gasteiger partial charge in [0.05, 0.1) is 25.2 Å². The molecule has 0 aliphatic heterocycles. The van der Waals surface area contributed by atoms with Crippen molar-refractivity contribution in [1.82, 2.24) is 5.32 Å². The second-order valence-electron chi connectivity index (χ2n) is 20.4. The first-order chi connectivity index (χ1) is 31.5. The Morgan fingerprint density at radius 3 is 0.953 bits per heavy atom. The van der Waals surface area contributed by atoms with Crippen LogP contribution in [0.1, 0.15) is 335 Å². The molecular formula is C58H115NO5. The van der Waals surface area contributed by atoms with E-state index in [4.69, 9.17) is 4.74 Å². The number of aliphatic hydroxyl groups excluding tert-OH is 2. The zero-order chi connectivity index (χ0) is 46.7. The van der Waals surface area contributed by atoms with E-state index in [-0.39, 0.29) is 24.9 Å².